The Bertz CT molecular complexity index is 366. The minimum absolute atomic E-state index is 0.0714. The van der Waals surface area contributed by atoms with E-state index in [0.717, 1.165) is 35.0 Å². The maximum absolute atomic E-state index is 11.0. The second kappa shape index (κ2) is 4.95. The second-order valence-corrected chi connectivity index (χ2v) is 6.01. The molecule has 16 heavy (non-hydrogen) atoms. The molecule has 1 aromatic heterocycles. The molecule has 0 aliphatic heterocycles. The van der Waals surface area contributed by atoms with Crippen molar-refractivity contribution in [2.45, 2.75) is 39.5 Å². The van der Waals surface area contributed by atoms with Gasteiger partial charge in [0.05, 0.1) is 10.6 Å². The van der Waals surface area contributed by atoms with Crippen LogP contribution < -0.4 is 4.90 Å². The Kier molecular flexibility index (Phi) is 4.08. The molecule has 0 fully saturated rings. The smallest absolute Gasteiger partial charge is 0.185 e. The van der Waals surface area contributed by atoms with Gasteiger partial charge >= 0.3 is 0 Å². The van der Waals surface area contributed by atoms with Gasteiger partial charge in [0.1, 0.15) is 0 Å². The van der Waals surface area contributed by atoms with E-state index in [1.54, 1.807) is 0 Å². The highest BCUT2D eigenvalue weighted by Gasteiger charge is 2.23. The average Bonchev–Trinajstić information content (AvgIpc) is 2.61. The minimum atomic E-state index is -0.0714. The summed E-state index contributed by atoms with van der Waals surface area (Å²) in [6, 6.07) is 0. The Morgan fingerprint density at radius 2 is 2.06 bits per heavy atom. The summed E-state index contributed by atoms with van der Waals surface area (Å²) in [5.41, 5.74) is 0.836. The van der Waals surface area contributed by atoms with Crippen molar-refractivity contribution >= 4 is 22.8 Å². The first-order chi connectivity index (χ1) is 7.40. The van der Waals surface area contributed by atoms with Crippen LogP contribution in [0.4, 0.5) is 5.13 Å². The third kappa shape index (κ3) is 2.82. The van der Waals surface area contributed by atoms with E-state index in [4.69, 9.17) is 0 Å². The van der Waals surface area contributed by atoms with E-state index in [2.05, 4.69) is 37.6 Å². The lowest BCUT2D eigenvalue weighted by Gasteiger charge is -2.17. The third-order valence-corrected chi connectivity index (χ3v) is 3.44. The zero-order valence-corrected chi connectivity index (χ0v) is 11.5. The van der Waals surface area contributed by atoms with Gasteiger partial charge in [0.2, 0.25) is 0 Å². The molecule has 4 heteroatoms. The fraction of sp³-hybridized carbons (Fsp3) is 0.667. The van der Waals surface area contributed by atoms with E-state index in [9.17, 15) is 4.79 Å². The standard InChI is InChI=1S/C12H20N2OS/c1-6-7-14(5)11-13-10(12(2,3)4)9(8-15)16-11/h8H,6-7H2,1-5H3. The van der Waals surface area contributed by atoms with E-state index >= 15 is 0 Å². The first kappa shape index (κ1) is 13.2. The van der Waals surface area contributed by atoms with Crippen molar-refractivity contribution in [1.29, 1.82) is 0 Å². The van der Waals surface area contributed by atoms with Crippen LogP contribution in [0.25, 0.3) is 0 Å². The number of rotatable bonds is 4. The molecular weight excluding hydrogens is 220 g/mol. The zero-order valence-electron chi connectivity index (χ0n) is 10.7. The highest BCUT2D eigenvalue weighted by molar-refractivity contribution is 7.17. The van der Waals surface area contributed by atoms with Gasteiger partial charge in [-0.2, -0.15) is 0 Å². The van der Waals surface area contributed by atoms with Crippen LogP contribution in [0.2, 0.25) is 0 Å². The molecule has 0 spiro atoms. The number of nitrogens with zero attached hydrogens (tertiary/aromatic N) is 2. The quantitative estimate of drug-likeness (QED) is 0.758. The van der Waals surface area contributed by atoms with Gasteiger partial charge in [-0.05, 0) is 6.42 Å². The molecule has 1 aromatic rings. The summed E-state index contributed by atoms with van der Waals surface area (Å²) in [7, 11) is 2.02. The first-order valence-electron chi connectivity index (χ1n) is 5.57. The number of aromatic nitrogens is 1. The molecule has 1 heterocycles. The van der Waals surface area contributed by atoms with Crippen molar-refractivity contribution in [2.75, 3.05) is 18.5 Å². The van der Waals surface area contributed by atoms with Crippen LogP contribution in [0.3, 0.4) is 0 Å². The molecule has 0 radical (unpaired) electrons. The molecule has 0 aromatic carbocycles. The van der Waals surface area contributed by atoms with E-state index in [-0.39, 0.29) is 5.41 Å². The zero-order chi connectivity index (χ0) is 12.3. The summed E-state index contributed by atoms with van der Waals surface area (Å²) in [6.45, 7) is 9.35. The van der Waals surface area contributed by atoms with Crippen molar-refractivity contribution < 1.29 is 4.79 Å². The summed E-state index contributed by atoms with van der Waals surface area (Å²) >= 11 is 1.48. The lowest BCUT2D eigenvalue weighted by molar-refractivity contribution is 0.112. The maximum Gasteiger partial charge on any atom is 0.185 e. The Morgan fingerprint density at radius 1 is 1.44 bits per heavy atom. The topological polar surface area (TPSA) is 33.2 Å². The van der Waals surface area contributed by atoms with Gasteiger partial charge in [-0.3, -0.25) is 4.79 Å². The van der Waals surface area contributed by atoms with Crippen molar-refractivity contribution in [3.63, 3.8) is 0 Å². The predicted molar refractivity (Wildman–Crippen MR) is 69.8 cm³/mol. The second-order valence-electron chi connectivity index (χ2n) is 5.00. The van der Waals surface area contributed by atoms with Gasteiger partial charge in [0.15, 0.2) is 11.4 Å². The molecule has 0 amide bonds. The average molecular weight is 240 g/mol. The Morgan fingerprint density at radius 3 is 2.44 bits per heavy atom. The first-order valence-corrected chi connectivity index (χ1v) is 6.39. The van der Waals surface area contributed by atoms with Gasteiger partial charge in [-0.15, -0.1) is 0 Å². The fourth-order valence-electron chi connectivity index (χ4n) is 1.53. The van der Waals surface area contributed by atoms with E-state index in [1.807, 2.05) is 7.05 Å². The van der Waals surface area contributed by atoms with E-state index < -0.39 is 0 Å². The van der Waals surface area contributed by atoms with Crippen molar-refractivity contribution in [1.82, 2.24) is 4.98 Å². The summed E-state index contributed by atoms with van der Waals surface area (Å²) in [5.74, 6) is 0. The Labute approximate surface area is 101 Å². The molecule has 0 saturated heterocycles. The van der Waals surface area contributed by atoms with Gasteiger partial charge in [-0.25, -0.2) is 4.98 Å². The summed E-state index contributed by atoms with van der Waals surface area (Å²) in [6.07, 6.45) is 2.00. The van der Waals surface area contributed by atoms with Gasteiger partial charge in [0.25, 0.3) is 0 Å². The molecule has 0 aliphatic rings. The SMILES string of the molecule is CCCN(C)c1nc(C(C)(C)C)c(C=O)s1. The van der Waals surface area contributed by atoms with Crippen LogP contribution in [-0.4, -0.2) is 24.9 Å². The van der Waals surface area contributed by atoms with E-state index in [1.165, 1.54) is 11.3 Å². The van der Waals surface area contributed by atoms with Crippen molar-refractivity contribution in [3.05, 3.63) is 10.6 Å². The summed E-state index contributed by atoms with van der Waals surface area (Å²) in [4.78, 5) is 18.5. The molecule has 0 aliphatic carbocycles. The van der Waals surface area contributed by atoms with Gasteiger partial charge in [-0.1, -0.05) is 39.0 Å². The molecule has 1 rings (SSSR count). The van der Waals surface area contributed by atoms with Crippen LogP contribution >= 0.6 is 11.3 Å². The lowest BCUT2D eigenvalue weighted by atomic mass is 9.91. The maximum atomic E-state index is 11.0. The number of thiazole rings is 1. The van der Waals surface area contributed by atoms with Crippen molar-refractivity contribution in [2.24, 2.45) is 0 Å². The number of hydrogen-bond donors (Lipinski definition) is 0. The lowest BCUT2D eigenvalue weighted by Crippen LogP contribution is -2.18. The largest absolute Gasteiger partial charge is 0.351 e. The molecular formula is C12H20N2OS. The molecule has 3 nitrogen and oxygen atoms in total. The third-order valence-electron chi connectivity index (χ3n) is 2.35. The number of carbonyl (C=O) groups is 1. The molecule has 0 N–H and O–H groups in total. The number of anilines is 1. The van der Waals surface area contributed by atoms with Gasteiger partial charge in [0, 0.05) is 19.0 Å². The molecule has 0 bridgehead atoms. The Hall–Kier alpha value is -0.900. The number of hydrogen-bond acceptors (Lipinski definition) is 4. The summed E-state index contributed by atoms with van der Waals surface area (Å²) in [5, 5.41) is 0.939. The fourth-order valence-corrected chi connectivity index (χ4v) is 2.61. The number of aldehydes is 1. The van der Waals surface area contributed by atoms with Crippen LogP contribution in [-0.2, 0) is 5.41 Å². The molecule has 0 unspecified atom stereocenters. The molecule has 0 saturated carbocycles. The number of carbonyl (C=O) groups excluding carboxylic acids is 1. The summed E-state index contributed by atoms with van der Waals surface area (Å²) < 4.78 is 0. The van der Waals surface area contributed by atoms with Crippen LogP contribution in [0, 0.1) is 0 Å². The highest BCUT2D eigenvalue weighted by atomic mass is 32.1. The van der Waals surface area contributed by atoms with Crippen LogP contribution in [0.5, 0.6) is 0 Å². The van der Waals surface area contributed by atoms with Crippen molar-refractivity contribution in [3.8, 4) is 0 Å². The van der Waals surface area contributed by atoms with E-state index in [0.29, 0.717) is 0 Å². The monoisotopic (exact) mass is 240 g/mol. The molecule has 0 atom stereocenters. The van der Waals surface area contributed by atoms with Gasteiger partial charge < -0.3 is 4.90 Å². The molecule has 90 valence electrons. The van der Waals surface area contributed by atoms with Crippen LogP contribution in [0.15, 0.2) is 0 Å². The minimum Gasteiger partial charge on any atom is -0.351 e. The predicted octanol–water partition coefficient (Wildman–Crippen LogP) is 3.10. The Balaban J connectivity index is 3.08. The van der Waals surface area contributed by atoms with Crippen LogP contribution in [0.1, 0.15) is 49.5 Å². The normalized spacial score (nSPS) is 11.6. The highest BCUT2D eigenvalue weighted by Crippen LogP contribution is 2.32.